The Morgan fingerprint density at radius 2 is 2.23 bits per heavy atom. The molecule has 6 nitrogen and oxygen atoms in total. The van der Waals surface area contributed by atoms with Gasteiger partial charge in [0.2, 0.25) is 5.91 Å². The van der Waals surface area contributed by atoms with Gasteiger partial charge in [-0.3, -0.25) is 9.79 Å². The molecule has 0 radical (unpaired) electrons. The Hall–Kier alpha value is -2.24. The van der Waals surface area contributed by atoms with E-state index in [4.69, 9.17) is 4.74 Å². The lowest BCUT2D eigenvalue weighted by Crippen LogP contribution is -2.38. The first-order valence-electron chi connectivity index (χ1n) is 9.81. The van der Waals surface area contributed by atoms with Gasteiger partial charge in [-0.1, -0.05) is 12.1 Å². The van der Waals surface area contributed by atoms with Crippen molar-refractivity contribution < 1.29 is 9.53 Å². The maximum absolute atomic E-state index is 11.6. The number of rotatable bonds is 8. The molecule has 1 aromatic carbocycles. The van der Waals surface area contributed by atoms with Crippen LogP contribution in [0.1, 0.15) is 37.3 Å². The predicted octanol–water partition coefficient (Wildman–Crippen LogP) is 1.73. The zero-order chi connectivity index (χ0) is 18.2. The molecular weight excluding hydrogens is 328 g/mol. The van der Waals surface area contributed by atoms with E-state index in [0.29, 0.717) is 12.3 Å². The van der Waals surface area contributed by atoms with Crippen LogP contribution in [-0.2, 0) is 17.6 Å². The zero-order valence-electron chi connectivity index (χ0n) is 15.7. The van der Waals surface area contributed by atoms with Gasteiger partial charge in [0.1, 0.15) is 5.75 Å². The van der Waals surface area contributed by atoms with E-state index in [1.807, 2.05) is 4.90 Å². The Morgan fingerprint density at radius 3 is 3.04 bits per heavy atom. The van der Waals surface area contributed by atoms with Crippen LogP contribution in [0.5, 0.6) is 5.75 Å². The van der Waals surface area contributed by atoms with Gasteiger partial charge in [0, 0.05) is 45.6 Å². The van der Waals surface area contributed by atoms with Crippen molar-refractivity contribution in [1.29, 1.82) is 0 Å². The van der Waals surface area contributed by atoms with Crippen molar-refractivity contribution in [3.8, 4) is 5.75 Å². The first-order valence-corrected chi connectivity index (χ1v) is 9.81. The Balaban J connectivity index is 1.40. The molecule has 0 aromatic heterocycles. The molecule has 142 valence electrons. The molecule has 1 amide bonds. The van der Waals surface area contributed by atoms with E-state index in [9.17, 15) is 4.79 Å². The van der Waals surface area contributed by atoms with Crippen LogP contribution in [0.4, 0.5) is 0 Å². The van der Waals surface area contributed by atoms with Crippen molar-refractivity contribution in [3.05, 3.63) is 29.3 Å². The number of nitrogens with zero attached hydrogens (tertiary/aromatic N) is 2. The minimum Gasteiger partial charge on any atom is -0.493 e. The normalized spacial score (nSPS) is 16.6. The fourth-order valence-electron chi connectivity index (χ4n) is 3.46. The highest BCUT2D eigenvalue weighted by Crippen LogP contribution is 2.25. The minimum atomic E-state index is 0.291. The number of fused-ring (bicyclic) bond motifs is 1. The number of hydrogen-bond acceptors (Lipinski definition) is 3. The lowest BCUT2D eigenvalue weighted by Gasteiger charge is -2.15. The third kappa shape index (κ3) is 5.13. The van der Waals surface area contributed by atoms with E-state index < -0.39 is 0 Å². The second kappa shape index (κ2) is 9.46. The maximum atomic E-state index is 11.6. The molecule has 0 unspecified atom stereocenters. The molecule has 0 bridgehead atoms. The molecule has 0 saturated carbocycles. The van der Waals surface area contributed by atoms with Gasteiger partial charge < -0.3 is 20.3 Å². The Morgan fingerprint density at radius 1 is 1.31 bits per heavy atom. The summed E-state index contributed by atoms with van der Waals surface area (Å²) in [5.41, 5.74) is 2.64. The van der Waals surface area contributed by atoms with Gasteiger partial charge in [0.05, 0.1) is 6.61 Å². The average molecular weight is 358 g/mol. The van der Waals surface area contributed by atoms with Crippen molar-refractivity contribution in [2.24, 2.45) is 4.99 Å². The second-order valence-electron chi connectivity index (χ2n) is 6.82. The standard InChI is InChI=1S/C20H30N4O2/c1-2-21-20(22-10-4-13-24-12-3-5-19(24)25)23-11-8-16-6-7-18-17(15-16)9-14-26-18/h6-7,15H,2-5,8-14H2,1H3,(H2,21,22,23). The summed E-state index contributed by atoms with van der Waals surface area (Å²) < 4.78 is 5.56. The van der Waals surface area contributed by atoms with Crippen molar-refractivity contribution in [3.63, 3.8) is 0 Å². The highest BCUT2D eigenvalue weighted by molar-refractivity contribution is 5.79. The van der Waals surface area contributed by atoms with Crippen molar-refractivity contribution in [2.75, 3.05) is 39.3 Å². The lowest BCUT2D eigenvalue weighted by molar-refractivity contribution is -0.127. The molecule has 2 N–H and O–H groups in total. The first-order chi connectivity index (χ1) is 12.8. The summed E-state index contributed by atoms with van der Waals surface area (Å²) in [6.07, 6.45) is 4.59. The molecule has 0 atom stereocenters. The van der Waals surface area contributed by atoms with Crippen molar-refractivity contribution >= 4 is 11.9 Å². The van der Waals surface area contributed by atoms with Crippen LogP contribution in [0, 0.1) is 0 Å². The molecule has 2 heterocycles. The molecule has 3 rings (SSSR count). The van der Waals surface area contributed by atoms with Gasteiger partial charge >= 0.3 is 0 Å². The monoisotopic (exact) mass is 358 g/mol. The third-order valence-electron chi connectivity index (χ3n) is 4.83. The van der Waals surface area contributed by atoms with Crippen LogP contribution in [-0.4, -0.2) is 56.1 Å². The summed E-state index contributed by atoms with van der Waals surface area (Å²) in [6.45, 7) is 7.02. The molecule has 1 aromatic rings. The van der Waals surface area contributed by atoms with Crippen LogP contribution < -0.4 is 15.4 Å². The molecule has 0 spiro atoms. The van der Waals surface area contributed by atoms with Crippen LogP contribution >= 0.6 is 0 Å². The minimum absolute atomic E-state index is 0.291. The van der Waals surface area contributed by atoms with Gasteiger partial charge in [0.15, 0.2) is 5.96 Å². The maximum Gasteiger partial charge on any atom is 0.222 e. The number of guanidine groups is 1. The van der Waals surface area contributed by atoms with E-state index in [-0.39, 0.29) is 0 Å². The number of amides is 1. The number of carbonyl (C=O) groups is 1. The Bertz CT molecular complexity index is 645. The average Bonchev–Trinajstić information content (AvgIpc) is 3.27. The van der Waals surface area contributed by atoms with E-state index in [2.05, 4.69) is 40.7 Å². The summed E-state index contributed by atoms with van der Waals surface area (Å²) in [5.74, 6) is 2.18. The topological polar surface area (TPSA) is 66.0 Å². The van der Waals surface area contributed by atoms with E-state index in [1.165, 1.54) is 11.1 Å². The van der Waals surface area contributed by atoms with Crippen molar-refractivity contribution in [1.82, 2.24) is 15.5 Å². The predicted molar refractivity (Wildman–Crippen MR) is 104 cm³/mol. The molecule has 6 heteroatoms. The molecule has 1 saturated heterocycles. The lowest BCUT2D eigenvalue weighted by atomic mass is 10.1. The molecule has 2 aliphatic rings. The number of likely N-dealkylation sites (tertiary alicyclic amines) is 1. The number of aliphatic imine (C=N–C) groups is 1. The molecule has 26 heavy (non-hydrogen) atoms. The van der Waals surface area contributed by atoms with Gasteiger partial charge in [-0.15, -0.1) is 0 Å². The van der Waals surface area contributed by atoms with Gasteiger partial charge in [-0.2, -0.15) is 0 Å². The summed E-state index contributed by atoms with van der Waals surface area (Å²) in [7, 11) is 0. The SMILES string of the molecule is CCNC(=NCCCN1CCCC1=O)NCCc1ccc2c(c1)CCO2. The summed E-state index contributed by atoms with van der Waals surface area (Å²) in [6, 6.07) is 6.47. The fraction of sp³-hybridized carbons (Fsp3) is 0.600. The third-order valence-corrected chi connectivity index (χ3v) is 4.83. The van der Waals surface area contributed by atoms with Crippen LogP contribution in [0.25, 0.3) is 0 Å². The van der Waals surface area contributed by atoms with Crippen LogP contribution in [0.15, 0.2) is 23.2 Å². The summed E-state index contributed by atoms with van der Waals surface area (Å²) in [5, 5.41) is 6.69. The van der Waals surface area contributed by atoms with Crippen molar-refractivity contribution in [2.45, 2.75) is 39.0 Å². The number of nitrogens with one attached hydrogen (secondary N) is 2. The number of hydrogen-bond donors (Lipinski definition) is 2. The Labute approximate surface area is 156 Å². The van der Waals surface area contributed by atoms with E-state index in [1.54, 1.807) is 0 Å². The number of carbonyl (C=O) groups excluding carboxylic acids is 1. The van der Waals surface area contributed by atoms with Crippen LogP contribution in [0.3, 0.4) is 0 Å². The number of benzene rings is 1. The molecule has 2 aliphatic heterocycles. The summed E-state index contributed by atoms with van der Waals surface area (Å²) in [4.78, 5) is 18.2. The number of ether oxygens (including phenoxy) is 1. The molecular formula is C20H30N4O2. The highest BCUT2D eigenvalue weighted by Gasteiger charge is 2.18. The highest BCUT2D eigenvalue weighted by atomic mass is 16.5. The van der Waals surface area contributed by atoms with Crippen LogP contribution in [0.2, 0.25) is 0 Å². The zero-order valence-corrected chi connectivity index (χ0v) is 15.7. The largest absolute Gasteiger partial charge is 0.493 e. The molecule has 1 fully saturated rings. The van der Waals surface area contributed by atoms with E-state index >= 15 is 0 Å². The van der Waals surface area contributed by atoms with Gasteiger partial charge in [-0.05, 0) is 43.4 Å². The quantitative estimate of drug-likeness (QED) is 0.422. The summed E-state index contributed by atoms with van der Waals surface area (Å²) >= 11 is 0. The second-order valence-corrected chi connectivity index (χ2v) is 6.82. The van der Waals surface area contributed by atoms with E-state index in [0.717, 1.165) is 76.7 Å². The fourth-order valence-corrected chi connectivity index (χ4v) is 3.46. The first kappa shape index (κ1) is 18.5. The smallest absolute Gasteiger partial charge is 0.222 e. The van der Waals surface area contributed by atoms with Gasteiger partial charge in [0.25, 0.3) is 0 Å². The van der Waals surface area contributed by atoms with Gasteiger partial charge in [-0.25, -0.2) is 0 Å². The molecule has 0 aliphatic carbocycles. The Kier molecular flexibility index (Phi) is 6.75.